The molecule has 1 aliphatic heterocycles. The summed E-state index contributed by atoms with van der Waals surface area (Å²) in [6.07, 6.45) is 0.314. The van der Waals surface area contributed by atoms with E-state index < -0.39 is 0 Å². The molecule has 1 aromatic carbocycles. The molecule has 7 heteroatoms. The Bertz CT molecular complexity index is 521. The summed E-state index contributed by atoms with van der Waals surface area (Å²) < 4.78 is 22.8. The van der Waals surface area contributed by atoms with Crippen LogP contribution in [0.2, 0.25) is 0 Å². The van der Waals surface area contributed by atoms with Crippen molar-refractivity contribution in [3.63, 3.8) is 0 Å². The van der Waals surface area contributed by atoms with Gasteiger partial charge in [0.05, 0.1) is 7.11 Å². The van der Waals surface area contributed by atoms with E-state index in [1.54, 1.807) is 9.80 Å². The summed E-state index contributed by atoms with van der Waals surface area (Å²) in [5.41, 5.74) is 0. The number of benzene rings is 1. The summed E-state index contributed by atoms with van der Waals surface area (Å²) in [4.78, 5) is 26.8. The van der Waals surface area contributed by atoms with Crippen LogP contribution in [0.5, 0.6) is 5.75 Å². The van der Waals surface area contributed by atoms with Gasteiger partial charge in [-0.25, -0.2) is 9.18 Å². The SMILES string of the molecule is COC(=O)N1CCCN(C(=O)COc2ccc(F)cc2)CC1. The van der Waals surface area contributed by atoms with Crippen molar-refractivity contribution in [1.82, 2.24) is 9.80 Å². The van der Waals surface area contributed by atoms with Gasteiger partial charge in [-0.15, -0.1) is 0 Å². The molecule has 1 saturated heterocycles. The van der Waals surface area contributed by atoms with Crippen molar-refractivity contribution in [3.05, 3.63) is 30.1 Å². The number of nitrogens with zero attached hydrogens (tertiary/aromatic N) is 2. The Morgan fingerprint density at radius 3 is 2.41 bits per heavy atom. The molecule has 0 N–H and O–H groups in total. The van der Waals surface area contributed by atoms with Crippen LogP contribution in [0.4, 0.5) is 9.18 Å². The zero-order valence-electron chi connectivity index (χ0n) is 12.5. The predicted molar refractivity (Wildman–Crippen MR) is 77.1 cm³/mol. The highest BCUT2D eigenvalue weighted by Gasteiger charge is 2.22. The molecule has 0 saturated carbocycles. The second-order valence-electron chi connectivity index (χ2n) is 4.93. The van der Waals surface area contributed by atoms with E-state index in [9.17, 15) is 14.0 Å². The summed E-state index contributed by atoms with van der Waals surface area (Å²) in [5, 5.41) is 0. The topological polar surface area (TPSA) is 59.1 Å². The van der Waals surface area contributed by atoms with E-state index in [2.05, 4.69) is 4.74 Å². The van der Waals surface area contributed by atoms with Gasteiger partial charge < -0.3 is 19.3 Å². The van der Waals surface area contributed by atoms with Gasteiger partial charge in [-0.3, -0.25) is 4.79 Å². The molecule has 1 aromatic rings. The number of methoxy groups -OCH3 is 1. The van der Waals surface area contributed by atoms with E-state index in [4.69, 9.17) is 4.74 Å². The van der Waals surface area contributed by atoms with Crippen LogP contribution in [0.3, 0.4) is 0 Å². The number of carbonyl (C=O) groups excluding carboxylic acids is 2. The molecule has 2 amide bonds. The summed E-state index contributed by atoms with van der Waals surface area (Å²) in [6, 6.07) is 5.51. The molecule has 0 atom stereocenters. The van der Waals surface area contributed by atoms with E-state index >= 15 is 0 Å². The standard InChI is InChI=1S/C15H19FN2O4/c1-21-15(20)18-8-2-7-17(9-10-18)14(19)11-22-13-5-3-12(16)4-6-13/h3-6H,2,7-11H2,1H3. The van der Waals surface area contributed by atoms with Crippen molar-refractivity contribution in [1.29, 1.82) is 0 Å². The molecular formula is C15H19FN2O4. The Kier molecular flexibility index (Phi) is 5.57. The minimum absolute atomic E-state index is 0.107. The summed E-state index contributed by atoms with van der Waals surface area (Å²) in [5.74, 6) is -0.0640. The van der Waals surface area contributed by atoms with Gasteiger partial charge in [-0.1, -0.05) is 0 Å². The van der Waals surface area contributed by atoms with Crippen molar-refractivity contribution >= 4 is 12.0 Å². The number of hydrogen-bond donors (Lipinski definition) is 0. The lowest BCUT2D eigenvalue weighted by molar-refractivity contribution is -0.133. The first-order chi connectivity index (χ1) is 10.6. The van der Waals surface area contributed by atoms with E-state index in [-0.39, 0.29) is 24.4 Å². The smallest absolute Gasteiger partial charge is 0.409 e. The molecule has 0 bridgehead atoms. The fraction of sp³-hybridized carbons (Fsp3) is 0.467. The third kappa shape index (κ3) is 4.34. The molecule has 0 radical (unpaired) electrons. The Balaban J connectivity index is 1.82. The van der Waals surface area contributed by atoms with Crippen molar-refractivity contribution in [3.8, 4) is 5.75 Å². The second-order valence-corrected chi connectivity index (χ2v) is 4.93. The monoisotopic (exact) mass is 310 g/mol. The zero-order valence-corrected chi connectivity index (χ0v) is 12.5. The maximum absolute atomic E-state index is 12.8. The largest absolute Gasteiger partial charge is 0.484 e. The van der Waals surface area contributed by atoms with Crippen LogP contribution >= 0.6 is 0 Å². The summed E-state index contributed by atoms with van der Waals surface area (Å²) in [6.45, 7) is 1.91. The first-order valence-corrected chi connectivity index (χ1v) is 7.09. The fourth-order valence-corrected chi connectivity index (χ4v) is 2.25. The number of amides is 2. The molecular weight excluding hydrogens is 291 g/mol. The van der Waals surface area contributed by atoms with Crippen molar-refractivity contribution in [2.45, 2.75) is 6.42 Å². The molecule has 0 unspecified atom stereocenters. The molecule has 2 rings (SSSR count). The van der Waals surface area contributed by atoms with Gasteiger partial charge >= 0.3 is 6.09 Å². The number of rotatable bonds is 3. The first kappa shape index (κ1) is 16.1. The van der Waals surface area contributed by atoms with Gasteiger partial charge in [0.1, 0.15) is 11.6 Å². The Morgan fingerprint density at radius 2 is 1.73 bits per heavy atom. The van der Waals surface area contributed by atoms with Gasteiger partial charge in [0.15, 0.2) is 6.61 Å². The van der Waals surface area contributed by atoms with Crippen LogP contribution in [0.1, 0.15) is 6.42 Å². The molecule has 6 nitrogen and oxygen atoms in total. The lowest BCUT2D eigenvalue weighted by Gasteiger charge is -2.21. The van der Waals surface area contributed by atoms with Crippen molar-refractivity contribution < 1.29 is 23.5 Å². The number of halogens is 1. The number of carbonyl (C=O) groups is 2. The van der Waals surface area contributed by atoms with E-state index in [0.717, 1.165) is 0 Å². The molecule has 0 spiro atoms. The normalized spacial score (nSPS) is 15.2. The molecule has 0 aromatic heterocycles. The summed E-state index contributed by atoms with van der Waals surface area (Å²) >= 11 is 0. The number of ether oxygens (including phenoxy) is 2. The van der Waals surface area contributed by atoms with Crippen LogP contribution < -0.4 is 4.74 Å². The zero-order chi connectivity index (χ0) is 15.9. The third-order valence-corrected chi connectivity index (χ3v) is 3.46. The van der Waals surface area contributed by atoms with Crippen LogP contribution in [0.25, 0.3) is 0 Å². The van der Waals surface area contributed by atoms with E-state index in [1.807, 2.05) is 0 Å². The Hall–Kier alpha value is -2.31. The van der Waals surface area contributed by atoms with Crippen LogP contribution in [-0.2, 0) is 9.53 Å². The average Bonchev–Trinajstić information content (AvgIpc) is 2.79. The molecule has 22 heavy (non-hydrogen) atoms. The highest BCUT2D eigenvalue weighted by molar-refractivity contribution is 5.78. The highest BCUT2D eigenvalue weighted by Crippen LogP contribution is 2.11. The molecule has 1 heterocycles. The van der Waals surface area contributed by atoms with E-state index in [1.165, 1.54) is 31.4 Å². The minimum Gasteiger partial charge on any atom is -0.484 e. The molecule has 0 aliphatic carbocycles. The maximum atomic E-state index is 12.8. The van der Waals surface area contributed by atoms with Gasteiger partial charge in [0.2, 0.25) is 0 Å². The Labute approximate surface area is 128 Å². The molecule has 120 valence electrons. The van der Waals surface area contributed by atoms with Crippen LogP contribution in [0, 0.1) is 5.82 Å². The van der Waals surface area contributed by atoms with E-state index in [0.29, 0.717) is 38.3 Å². The minimum atomic E-state index is -0.378. The fourth-order valence-electron chi connectivity index (χ4n) is 2.25. The lowest BCUT2D eigenvalue weighted by Crippen LogP contribution is -2.39. The molecule has 1 aliphatic rings. The van der Waals surface area contributed by atoms with Crippen LogP contribution in [-0.4, -0.2) is 61.7 Å². The average molecular weight is 310 g/mol. The highest BCUT2D eigenvalue weighted by atomic mass is 19.1. The predicted octanol–water partition coefficient (Wildman–Crippen LogP) is 1.51. The molecule has 1 fully saturated rings. The van der Waals surface area contributed by atoms with Crippen molar-refractivity contribution in [2.24, 2.45) is 0 Å². The van der Waals surface area contributed by atoms with Crippen molar-refractivity contribution in [2.75, 3.05) is 39.9 Å². The van der Waals surface area contributed by atoms with Crippen LogP contribution in [0.15, 0.2) is 24.3 Å². The maximum Gasteiger partial charge on any atom is 0.409 e. The first-order valence-electron chi connectivity index (χ1n) is 7.09. The second kappa shape index (κ2) is 7.63. The van der Waals surface area contributed by atoms with Gasteiger partial charge in [0, 0.05) is 26.2 Å². The lowest BCUT2D eigenvalue weighted by atomic mass is 10.3. The van der Waals surface area contributed by atoms with Gasteiger partial charge in [-0.05, 0) is 30.7 Å². The number of hydrogen-bond acceptors (Lipinski definition) is 4. The quantitative estimate of drug-likeness (QED) is 0.849. The summed E-state index contributed by atoms with van der Waals surface area (Å²) in [7, 11) is 1.34. The Morgan fingerprint density at radius 1 is 1.09 bits per heavy atom. The van der Waals surface area contributed by atoms with Gasteiger partial charge in [0.25, 0.3) is 5.91 Å². The van der Waals surface area contributed by atoms with Gasteiger partial charge in [-0.2, -0.15) is 0 Å². The third-order valence-electron chi connectivity index (χ3n) is 3.46.